The quantitative estimate of drug-likeness (QED) is 0.772. The van der Waals surface area contributed by atoms with Crippen LogP contribution in [-0.2, 0) is 9.47 Å². The normalized spacial score (nSPS) is 15.6. The molecule has 1 aromatic carbocycles. The predicted molar refractivity (Wildman–Crippen MR) is 70.6 cm³/mol. The molecule has 0 atom stereocenters. The molecule has 0 radical (unpaired) electrons. The number of hydrogen-bond donors (Lipinski definition) is 0. The molecule has 4 nitrogen and oxygen atoms in total. The molecule has 1 aromatic rings. The van der Waals surface area contributed by atoms with Gasteiger partial charge in [0.25, 0.3) is 0 Å². The fraction of sp³-hybridized carbons (Fsp3) is 0.462. The molecule has 1 heterocycles. The number of benzene rings is 1. The zero-order valence-corrected chi connectivity index (χ0v) is 11.3. The van der Waals surface area contributed by atoms with Crippen LogP contribution in [0.2, 0.25) is 5.02 Å². The molecule has 0 unspecified atom stereocenters. The lowest BCUT2D eigenvalue weighted by atomic mass is 10.1. The molecule has 1 saturated heterocycles. The van der Waals surface area contributed by atoms with Gasteiger partial charge in [-0.25, -0.2) is 4.79 Å². The molecule has 0 spiro atoms. The second-order valence-corrected chi connectivity index (χ2v) is 4.60. The van der Waals surface area contributed by atoms with E-state index in [1.54, 1.807) is 6.07 Å². The highest BCUT2D eigenvalue weighted by Gasteiger charge is 2.18. The van der Waals surface area contributed by atoms with Crippen LogP contribution >= 0.6 is 11.6 Å². The Morgan fingerprint density at radius 2 is 2.06 bits per heavy atom. The highest BCUT2D eigenvalue weighted by molar-refractivity contribution is 6.32. The van der Waals surface area contributed by atoms with Crippen molar-refractivity contribution in [3.8, 4) is 0 Å². The van der Waals surface area contributed by atoms with Crippen LogP contribution in [0.4, 0.5) is 5.69 Å². The first-order valence-corrected chi connectivity index (χ1v) is 6.22. The lowest BCUT2D eigenvalue weighted by Crippen LogP contribution is -2.36. The molecule has 5 heteroatoms. The zero-order valence-electron chi connectivity index (χ0n) is 10.5. The van der Waals surface area contributed by atoms with Gasteiger partial charge in [0.15, 0.2) is 0 Å². The van der Waals surface area contributed by atoms with Gasteiger partial charge in [0.2, 0.25) is 0 Å². The molecular weight excluding hydrogens is 254 g/mol. The molecule has 0 N–H and O–H groups in total. The lowest BCUT2D eigenvalue weighted by molar-refractivity contribution is 0.0601. The van der Waals surface area contributed by atoms with Crippen LogP contribution < -0.4 is 4.90 Å². The number of esters is 1. The number of anilines is 1. The average molecular weight is 270 g/mol. The minimum atomic E-state index is -0.369. The molecule has 2 rings (SSSR count). The van der Waals surface area contributed by atoms with Crippen molar-refractivity contribution < 1.29 is 14.3 Å². The van der Waals surface area contributed by atoms with Crippen LogP contribution in [0.3, 0.4) is 0 Å². The third-order valence-corrected chi connectivity index (χ3v) is 3.48. The van der Waals surface area contributed by atoms with E-state index < -0.39 is 0 Å². The predicted octanol–water partition coefficient (Wildman–Crippen LogP) is 2.27. The number of carbonyl (C=O) groups is 1. The van der Waals surface area contributed by atoms with Crippen LogP contribution in [0.1, 0.15) is 15.9 Å². The maximum absolute atomic E-state index is 11.6. The van der Waals surface area contributed by atoms with E-state index >= 15 is 0 Å². The van der Waals surface area contributed by atoms with Crippen LogP contribution in [0.5, 0.6) is 0 Å². The summed E-state index contributed by atoms with van der Waals surface area (Å²) in [5, 5.41) is 0.583. The minimum absolute atomic E-state index is 0.369. The van der Waals surface area contributed by atoms with Gasteiger partial charge < -0.3 is 14.4 Å². The Hall–Kier alpha value is -1.26. The van der Waals surface area contributed by atoms with Gasteiger partial charge in [-0.2, -0.15) is 0 Å². The number of nitrogens with zero attached hydrogens (tertiary/aromatic N) is 1. The molecule has 0 bridgehead atoms. The number of halogens is 1. The summed E-state index contributed by atoms with van der Waals surface area (Å²) >= 11 is 6.17. The van der Waals surface area contributed by atoms with Gasteiger partial charge in [0.05, 0.1) is 25.9 Å². The van der Waals surface area contributed by atoms with E-state index in [4.69, 9.17) is 21.1 Å². The summed E-state index contributed by atoms with van der Waals surface area (Å²) < 4.78 is 10.1. The van der Waals surface area contributed by atoms with E-state index in [9.17, 15) is 4.79 Å². The molecule has 0 aromatic heterocycles. The van der Waals surface area contributed by atoms with E-state index in [0.717, 1.165) is 24.3 Å². The fourth-order valence-corrected chi connectivity index (χ4v) is 2.25. The van der Waals surface area contributed by atoms with E-state index in [2.05, 4.69) is 4.90 Å². The van der Waals surface area contributed by atoms with Crippen molar-refractivity contribution in [1.29, 1.82) is 0 Å². The molecule has 98 valence electrons. The van der Waals surface area contributed by atoms with Crippen molar-refractivity contribution in [1.82, 2.24) is 0 Å². The molecule has 1 aliphatic rings. The van der Waals surface area contributed by atoms with Crippen molar-refractivity contribution in [2.75, 3.05) is 38.3 Å². The van der Waals surface area contributed by atoms with Gasteiger partial charge in [0, 0.05) is 23.8 Å². The standard InChI is InChI=1S/C13H16ClNO3/c1-9-11(14)7-10(13(16)17-2)8-12(9)15-3-5-18-6-4-15/h7-8H,3-6H2,1-2H3. The minimum Gasteiger partial charge on any atom is -0.465 e. The largest absolute Gasteiger partial charge is 0.465 e. The molecule has 0 amide bonds. The SMILES string of the molecule is COC(=O)c1cc(Cl)c(C)c(N2CCOCC2)c1. The van der Waals surface area contributed by atoms with Gasteiger partial charge >= 0.3 is 5.97 Å². The van der Waals surface area contributed by atoms with Crippen LogP contribution in [0.15, 0.2) is 12.1 Å². The Morgan fingerprint density at radius 3 is 2.67 bits per heavy atom. The van der Waals surface area contributed by atoms with Gasteiger partial charge in [-0.1, -0.05) is 11.6 Å². The van der Waals surface area contributed by atoms with Gasteiger partial charge in [-0.3, -0.25) is 0 Å². The van der Waals surface area contributed by atoms with E-state index in [0.29, 0.717) is 23.8 Å². The Balaban J connectivity index is 2.38. The summed E-state index contributed by atoms with van der Waals surface area (Å²) in [4.78, 5) is 13.8. The van der Waals surface area contributed by atoms with Gasteiger partial charge in [0.1, 0.15) is 0 Å². The van der Waals surface area contributed by atoms with Crippen molar-refractivity contribution in [3.05, 3.63) is 28.3 Å². The number of methoxy groups -OCH3 is 1. The first-order chi connectivity index (χ1) is 8.63. The Labute approximate surface area is 111 Å². The number of rotatable bonds is 2. The maximum atomic E-state index is 11.6. The number of morpholine rings is 1. The number of hydrogen-bond acceptors (Lipinski definition) is 4. The smallest absolute Gasteiger partial charge is 0.337 e. The Morgan fingerprint density at radius 1 is 1.39 bits per heavy atom. The summed E-state index contributed by atoms with van der Waals surface area (Å²) in [5.41, 5.74) is 2.44. The monoisotopic (exact) mass is 269 g/mol. The number of ether oxygens (including phenoxy) is 2. The molecule has 1 aliphatic heterocycles. The first-order valence-electron chi connectivity index (χ1n) is 5.84. The third-order valence-electron chi connectivity index (χ3n) is 3.09. The van der Waals surface area contributed by atoms with Crippen molar-refractivity contribution in [3.63, 3.8) is 0 Å². The Bertz CT molecular complexity index is 456. The Kier molecular flexibility index (Phi) is 4.09. The fourth-order valence-electron chi connectivity index (χ4n) is 2.03. The molecular formula is C13H16ClNO3. The average Bonchev–Trinajstić information content (AvgIpc) is 2.41. The third kappa shape index (κ3) is 2.60. The number of carbonyl (C=O) groups excluding carboxylic acids is 1. The van der Waals surface area contributed by atoms with Crippen molar-refractivity contribution in [2.45, 2.75) is 6.92 Å². The highest BCUT2D eigenvalue weighted by Crippen LogP contribution is 2.29. The van der Waals surface area contributed by atoms with Crippen LogP contribution in [0, 0.1) is 6.92 Å². The van der Waals surface area contributed by atoms with Gasteiger partial charge in [-0.05, 0) is 24.6 Å². The summed E-state index contributed by atoms with van der Waals surface area (Å²) in [6.45, 7) is 4.96. The van der Waals surface area contributed by atoms with Crippen molar-refractivity contribution >= 4 is 23.3 Å². The first kappa shape index (κ1) is 13.2. The summed E-state index contributed by atoms with van der Waals surface area (Å²) in [6.07, 6.45) is 0. The topological polar surface area (TPSA) is 38.8 Å². The van der Waals surface area contributed by atoms with Gasteiger partial charge in [-0.15, -0.1) is 0 Å². The molecule has 0 aliphatic carbocycles. The molecule has 18 heavy (non-hydrogen) atoms. The molecule has 1 fully saturated rings. The zero-order chi connectivity index (χ0) is 13.1. The second kappa shape index (κ2) is 5.59. The van der Waals surface area contributed by atoms with Crippen LogP contribution in [-0.4, -0.2) is 39.4 Å². The maximum Gasteiger partial charge on any atom is 0.337 e. The summed E-state index contributed by atoms with van der Waals surface area (Å²) in [7, 11) is 1.37. The second-order valence-electron chi connectivity index (χ2n) is 4.19. The van der Waals surface area contributed by atoms with Crippen molar-refractivity contribution in [2.24, 2.45) is 0 Å². The van der Waals surface area contributed by atoms with E-state index in [1.807, 2.05) is 13.0 Å². The molecule has 0 saturated carbocycles. The van der Waals surface area contributed by atoms with E-state index in [1.165, 1.54) is 7.11 Å². The van der Waals surface area contributed by atoms with Crippen LogP contribution in [0.25, 0.3) is 0 Å². The highest BCUT2D eigenvalue weighted by atomic mass is 35.5. The lowest BCUT2D eigenvalue weighted by Gasteiger charge is -2.30. The van der Waals surface area contributed by atoms with E-state index in [-0.39, 0.29) is 5.97 Å². The summed E-state index contributed by atoms with van der Waals surface area (Å²) in [6, 6.07) is 3.48. The summed E-state index contributed by atoms with van der Waals surface area (Å²) in [5.74, 6) is -0.369.